The summed E-state index contributed by atoms with van der Waals surface area (Å²) in [7, 11) is 3.58. The van der Waals surface area contributed by atoms with Gasteiger partial charge in [0.05, 0.1) is 13.2 Å². The first-order valence-corrected chi connectivity index (χ1v) is 7.22. The molecule has 1 atom stereocenters. The number of hydrogen-bond donors (Lipinski definition) is 1. The predicted octanol–water partition coefficient (Wildman–Crippen LogP) is 4.00. The summed E-state index contributed by atoms with van der Waals surface area (Å²) < 4.78 is 11.2. The zero-order valence-electron chi connectivity index (χ0n) is 12.5. The average Bonchev–Trinajstić information content (AvgIpc) is 2.51. The number of methoxy groups -OCH3 is 1. The lowest BCUT2D eigenvalue weighted by Crippen LogP contribution is -2.23. The maximum absolute atomic E-state index is 6.01. The highest BCUT2D eigenvalue weighted by molar-refractivity contribution is 6.30. The molecule has 0 aromatic heterocycles. The standard InChI is InChI=1S/C17H20ClNO2/c1-12-7-8-14(18)10-17(12)21-11-16(19-2)13-5-4-6-15(9-13)20-3/h4-10,16,19H,11H2,1-3H3. The number of likely N-dealkylation sites (N-methyl/N-ethyl adjacent to an activating group) is 1. The van der Waals surface area contributed by atoms with Gasteiger partial charge in [-0.3, -0.25) is 0 Å². The van der Waals surface area contributed by atoms with E-state index in [0.717, 1.165) is 22.6 Å². The maximum atomic E-state index is 6.01. The van der Waals surface area contributed by atoms with Crippen LogP contribution in [-0.2, 0) is 0 Å². The number of benzene rings is 2. The van der Waals surface area contributed by atoms with Gasteiger partial charge in [-0.05, 0) is 49.4 Å². The van der Waals surface area contributed by atoms with E-state index in [9.17, 15) is 0 Å². The fourth-order valence-electron chi connectivity index (χ4n) is 2.11. The Morgan fingerprint density at radius 2 is 2.00 bits per heavy atom. The van der Waals surface area contributed by atoms with Crippen molar-refractivity contribution in [1.82, 2.24) is 5.32 Å². The molecule has 0 bridgehead atoms. The molecule has 1 N–H and O–H groups in total. The molecule has 0 heterocycles. The molecular weight excluding hydrogens is 286 g/mol. The zero-order valence-corrected chi connectivity index (χ0v) is 13.3. The molecular formula is C17H20ClNO2. The zero-order chi connectivity index (χ0) is 15.2. The average molecular weight is 306 g/mol. The van der Waals surface area contributed by atoms with Crippen molar-refractivity contribution in [2.75, 3.05) is 20.8 Å². The highest BCUT2D eigenvalue weighted by atomic mass is 35.5. The van der Waals surface area contributed by atoms with Crippen LogP contribution < -0.4 is 14.8 Å². The molecule has 0 fully saturated rings. The summed E-state index contributed by atoms with van der Waals surface area (Å²) in [5.41, 5.74) is 2.19. The van der Waals surface area contributed by atoms with Crippen molar-refractivity contribution in [1.29, 1.82) is 0 Å². The maximum Gasteiger partial charge on any atom is 0.123 e. The van der Waals surface area contributed by atoms with Gasteiger partial charge >= 0.3 is 0 Å². The molecule has 0 aliphatic heterocycles. The van der Waals surface area contributed by atoms with E-state index in [2.05, 4.69) is 11.4 Å². The summed E-state index contributed by atoms with van der Waals surface area (Å²) in [5.74, 6) is 1.65. The smallest absolute Gasteiger partial charge is 0.123 e. The minimum Gasteiger partial charge on any atom is -0.497 e. The normalized spacial score (nSPS) is 12.0. The Labute approximate surface area is 130 Å². The van der Waals surface area contributed by atoms with Crippen LogP contribution in [0.15, 0.2) is 42.5 Å². The van der Waals surface area contributed by atoms with Crippen LogP contribution in [-0.4, -0.2) is 20.8 Å². The summed E-state index contributed by atoms with van der Waals surface area (Å²) in [5, 5.41) is 3.94. The summed E-state index contributed by atoms with van der Waals surface area (Å²) in [6.45, 7) is 2.52. The number of ether oxygens (including phenoxy) is 2. The highest BCUT2D eigenvalue weighted by Crippen LogP contribution is 2.25. The summed E-state index contributed by atoms with van der Waals surface area (Å²) in [4.78, 5) is 0. The quantitative estimate of drug-likeness (QED) is 0.875. The molecule has 0 radical (unpaired) electrons. The monoisotopic (exact) mass is 305 g/mol. The van der Waals surface area contributed by atoms with Gasteiger partial charge in [0.1, 0.15) is 18.1 Å². The van der Waals surface area contributed by atoms with Crippen LogP contribution in [0, 0.1) is 6.92 Å². The molecule has 0 amide bonds. The Morgan fingerprint density at radius 1 is 1.19 bits per heavy atom. The van der Waals surface area contributed by atoms with E-state index >= 15 is 0 Å². The molecule has 0 saturated heterocycles. The van der Waals surface area contributed by atoms with Gasteiger partial charge in [-0.2, -0.15) is 0 Å². The second-order valence-corrected chi connectivity index (χ2v) is 5.28. The van der Waals surface area contributed by atoms with Crippen LogP contribution in [0.4, 0.5) is 0 Å². The van der Waals surface area contributed by atoms with Crippen LogP contribution >= 0.6 is 11.6 Å². The topological polar surface area (TPSA) is 30.5 Å². The lowest BCUT2D eigenvalue weighted by atomic mass is 10.1. The van der Waals surface area contributed by atoms with Crippen molar-refractivity contribution < 1.29 is 9.47 Å². The second-order valence-electron chi connectivity index (χ2n) is 4.84. The summed E-state index contributed by atoms with van der Waals surface area (Å²) in [6, 6.07) is 13.7. The summed E-state index contributed by atoms with van der Waals surface area (Å²) >= 11 is 6.01. The minimum atomic E-state index is 0.0819. The molecule has 0 saturated carbocycles. The lowest BCUT2D eigenvalue weighted by Gasteiger charge is -2.19. The molecule has 3 nitrogen and oxygen atoms in total. The molecule has 2 aromatic carbocycles. The third-order valence-electron chi connectivity index (χ3n) is 3.40. The van der Waals surface area contributed by atoms with E-state index in [1.165, 1.54) is 0 Å². The van der Waals surface area contributed by atoms with Gasteiger partial charge in [0, 0.05) is 5.02 Å². The molecule has 0 spiro atoms. The Hall–Kier alpha value is -1.71. The minimum absolute atomic E-state index is 0.0819. The molecule has 0 aliphatic carbocycles. The van der Waals surface area contributed by atoms with Crippen molar-refractivity contribution in [3.8, 4) is 11.5 Å². The fourth-order valence-corrected chi connectivity index (χ4v) is 2.27. The van der Waals surface area contributed by atoms with Gasteiger partial charge in [0.15, 0.2) is 0 Å². The van der Waals surface area contributed by atoms with E-state index in [1.54, 1.807) is 7.11 Å². The van der Waals surface area contributed by atoms with Gasteiger partial charge in [0.2, 0.25) is 0 Å². The number of rotatable bonds is 6. The fraction of sp³-hybridized carbons (Fsp3) is 0.294. The van der Waals surface area contributed by atoms with Gasteiger partial charge < -0.3 is 14.8 Å². The molecule has 1 unspecified atom stereocenters. The Balaban J connectivity index is 2.10. The van der Waals surface area contributed by atoms with Crippen LogP contribution in [0.1, 0.15) is 17.2 Å². The van der Waals surface area contributed by atoms with E-state index in [-0.39, 0.29) is 6.04 Å². The number of nitrogens with one attached hydrogen (secondary N) is 1. The van der Waals surface area contributed by atoms with E-state index in [4.69, 9.17) is 21.1 Å². The first kappa shape index (κ1) is 15.7. The molecule has 2 rings (SSSR count). The van der Waals surface area contributed by atoms with Crippen molar-refractivity contribution in [3.63, 3.8) is 0 Å². The van der Waals surface area contributed by atoms with Crippen molar-refractivity contribution in [2.24, 2.45) is 0 Å². The molecule has 0 aliphatic rings. The van der Waals surface area contributed by atoms with Gasteiger partial charge in [-0.25, -0.2) is 0 Å². The van der Waals surface area contributed by atoms with Crippen LogP contribution in [0.3, 0.4) is 0 Å². The van der Waals surface area contributed by atoms with Crippen LogP contribution in [0.2, 0.25) is 5.02 Å². The number of hydrogen-bond acceptors (Lipinski definition) is 3. The van der Waals surface area contributed by atoms with Crippen LogP contribution in [0.25, 0.3) is 0 Å². The van der Waals surface area contributed by atoms with Gasteiger partial charge in [-0.1, -0.05) is 29.8 Å². The molecule has 21 heavy (non-hydrogen) atoms. The van der Waals surface area contributed by atoms with Gasteiger partial charge in [-0.15, -0.1) is 0 Å². The first-order valence-electron chi connectivity index (χ1n) is 6.84. The van der Waals surface area contributed by atoms with E-state index in [0.29, 0.717) is 11.6 Å². The van der Waals surface area contributed by atoms with Crippen molar-refractivity contribution >= 4 is 11.6 Å². The Bertz CT molecular complexity index is 601. The summed E-state index contributed by atoms with van der Waals surface area (Å²) in [6.07, 6.45) is 0. The van der Waals surface area contributed by atoms with Gasteiger partial charge in [0.25, 0.3) is 0 Å². The molecule has 4 heteroatoms. The highest BCUT2D eigenvalue weighted by Gasteiger charge is 2.12. The number of aryl methyl sites for hydroxylation is 1. The van der Waals surface area contributed by atoms with E-state index in [1.807, 2.05) is 50.4 Å². The molecule has 2 aromatic rings. The Kier molecular flexibility index (Phi) is 5.48. The third-order valence-corrected chi connectivity index (χ3v) is 3.64. The third kappa shape index (κ3) is 4.13. The number of halogens is 1. The lowest BCUT2D eigenvalue weighted by molar-refractivity contribution is 0.271. The molecule has 112 valence electrons. The van der Waals surface area contributed by atoms with E-state index < -0.39 is 0 Å². The predicted molar refractivity (Wildman–Crippen MR) is 86.5 cm³/mol. The van der Waals surface area contributed by atoms with Crippen LogP contribution in [0.5, 0.6) is 11.5 Å². The SMILES string of the molecule is CNC(COc1cc(Cl)ccc1C)c1cccc(OC)c1. The Morgan fingerprint density at radius 3 is 2.71 bits per heavy atom. The second kappa shape index (κ2) is 7.34. The van der Waals surface area contributed by atoms with Crippen molar-refractivity contribution in [3.05, 3.63) is 58.6 Å². The van der Waals surface area contributed by atoms with Crippen molar-refractivity contribution in [2.45, 2.75) is 13.0 Å². The first-order chi connectivity index (χ1) is 10.1. The largest absolute Gasteiger partial charge is 0.497 e.